The predicted molar refractivity (Wildman–Crippen MR) is 91.2 cm³/mol. The van der Waals surface area contributed by atoms with Crippen LogP contribution < -0.4 is 5.32 Å². The van der Waals surface area contributed by atoms with Crippen molar-refractivity contribution in [1.82, 2.24) is 5.32 Å². The molecule has 0 radical (unpaired) electrons. The van der Waals surface area contributed by atoms with Crippen LogP contribution >= 0.6 is 23.2 Å². The van der Waals surface area contributed by atoms with Crippen molar-refractivity contribution in [1.29, 1.82) is 0 Å². The molecule has 0 aliphatic heterocycles. The van der Waals surface area contributed by atoms with Gasteiger partial charge in [-0.1, -0.05) is 29.3 Å². The number of halogens is 2. The number of nitrogens with zero attached hydrogens (tertiary/aromatic N) is 1. The summed E-state index contributed by atoms with van der Waals surface area (Å²) in [5.74, 6) is -0.283. The summed E-state index contributed by atoms with van der Waals surface area (Å²) in [6.45, 7) is -0.00202. The summed E-state index contributed by atoms with van der Waals surface area (Å²) in [5, 5.41) is 24.0. The van der Waals surface area contributed by atoms with E-state index >= 15 is 0 Å². The molecule has 2 aromatic rings. The number of benzene rings is 2. The number of carbonyl (C=O) groups excluding carboxylic acids is 1. The van der Waals surface area contributed by atoms with Crippen LogP contribution in [0.1, 0.15) is 17.2 Å². The number of nitrogens with one attached hydrogen (secondary N) is 1. The van der Waals surface area contributed by atoms with E-state index in [1.807, 2.05) is 0 Å². The molecule has 0 aromatic heterocycles. The topological polar surface area (TPSA) is 92.5 Å². The predicted octanol–water partition coefficient (Wildman–Crippen LogP) is 3.29. The van der Waals surface area contributed by atoms with Gasteiger partial charge in [-0.25, -0.2) is 0 Å². The lowest BCUT2D eigenvalue weighted by molar-refractivity contribution is -0.384. The van der Waals surface area contributed by atoms with E-state index in [0.717, 1.165) is 0 Å². The third-order valence-corrected chi connectivity index (χ3v) is 4.07. The highest BCUT2D eigenvalue weighted by Crippen LogP contribution is 2.23. The van der Waals surface area contributed by atoms with Crippen LogP contribution in [0.3, 0.4) is 0 Å². The first-order chi connectivity index (χ1) is 11.4. The fourth-order valence-electron chi connectivity index (χ4n) is 2.04. The molecule has 0 aliphatic carbocycles. The first kappa shape index (κ1) is 18.2. The molecule has 2 N–H and O–H groups in total. The third-order valence-electron chi connectivity index (χ3n) is 3.33. The second-order valence-electron chi connectivity index (χ2n) is 5.09. The van der Waals surface area contributed by atoms with Crippen molar-refractivity contribution in [2.45, 2.75) is 12.5 Å². The maximum Gasteiger partial charge on any atom is 0.269 e. The van der Waals surface area contributed by atoms with Gasteiger partial charge >= 0.3 is 0 Å². The van der Waals surface area contributed by atoms with Gasteiger partial charge in [0, 0.05) is 18.7 Å². The maximum atomic E-state index is 11.9. The summed E-state index contributed by atoms with van der Waals surface area (Å²) in [6.07, 6.45) is -0.854. The van der Waals surface area contributed by atoms with Crippen LogP contribution in [0.5, 0.6) is 0 Å². The summed E-state index contributed by atoms with van der Waals surface area (Å²) >= 11 is 11.7. The van der Waals surface area contributed by atoms with Crippen LogP contribution in [0.25, 0.3) is 0 Å². The van der Waals surface area contributed by atoms with Gasteiger partial charge in [0.2, 0.25) is 5.91 Å². The molecule has 0 heterocycles. The molecule has 0 fully saturated rings. The lowest BCUT2D eigenvalue weighted by atomic mass is 10.1. The van der Waals surface area contributed by atoms with Gasteiger partial charge in [-0.15, -0.1) is 0 Å². The molecule has 6 nitrogen and oxygen atoms in total. The molecule has 1 amide bonds. The van der Waals surface area contributed by atoms with Crippen LogP contribution in [0.4, 0.5) is 5.69 Å². The number of nitro benzene ring substituents is 1. The van der Waals surface area contributed by atoms with Gasteiger partial charge in [-0.3, -0.25) is 14.9 Å². The van der Waals surface area contributed by atoms with Gasteiger partial charge < -0.3 is 10.4 Å². The van der Waals surface area contributed by atoms with Crippen molar-refractivity contribution >= 4 is 34.8 Å². The largest absolute Gasteiger partial charge is 0.387 e. The first-order valence-electron chi connectivity index (χ1n) is 7.00. The lowest BCUT2D eigenvalue weighted by Gasteiger charge is -2.12. The Morgan fingerprint density at radius 2 is 1.83 bits per heavy atom. The number of non-ortho nitro benzene ring substituents is 1. The van der Waals surface area contributed by atoms with Crippen molar-refractivity contribution in [2.24, 2.45) is 0 Å². The molecule has 0 saturated carbocycles. The zero-order valence-corrected chi connectivity index (χ0v) is 13.9. The van der Waals surface area contributed by atoms with Gasteiger partial charge in [-0.05, 0) is 35.4 Å². The van der Waals surface area contributed by atoms with E-state index in [0.29, 0.717) is 21.2 Å². The number of hydrogen-bond donors (Lipinski definition) is 2. The first-order valence-corrected chi connectivity index (χ1v) is 7.75. The molecular weight excluding hydrogens is 355 g/mol. The van der Waals surface area contributed by atoms with Gasteiger partial charge in [0.15, 0.2) is 0 Å². The molecule has 24 heavy (non-hydrogen) atoms. The lowest BCUT2D eigenvalue weighted by Crippen LogP contribution is -2.29. The molecule has 1 atom stereocenters. The van der Waals surface area contributed by atoms with Crippen molar-refractivity contribution in [3.63, 3.8) is 0 Å². The minimum Gasteiger partial charge on any atom is -0.387 e. The monoisotopic (exact) mass is 368 g/mol. The normalized spacial score (nSPS) is 11.8. The molecule has 8 heteroatoms. The van der Waals surface area contributed by atoms with Crippen LogP contribution in [-0.4, -0.2) is 22.5 Å². The highest BCUT2D eigenvalue weighted by atomic mass is 35.5. The van der Waals surface area contributed by atoms with E-state index in [4.69, 9.17) is 23.2 Å². The van der Waals surface area contributed by atoms with Crippen molar-refractivity contribution in [3.8, 4) is 0 Å². The van der Waals surface area contributed by atoms with E-state index in [9.17, 15) is 20.0 Å². The average molecular weight is 369 g/mol. The Hall–Kier alpha value is -2.15. The number of nitro groups is 1. The fraction of sp³-hybridized carbons (Fsp3) is 0.188. The molecule has 0 spiro atoms. The van der Waals surface area contributed by atoms with Crippen molar-refractivity contribution in [2.75, 3.05) is 6.54 Å². The molecule has 2 aromatic carbocycles. The van der Waals surface area contributed by atoms with Crippen LogP contribution in [0, 0.1) is 10.1 Å². The Bertz CT molecular complexity index is 750. The molecule has 126 valence electrons. The average Bonchev–Trinajstić information content (AvgIpc) is 2.56. The summed E-state index contributed by atoms with van der Waals surface area (Å²) in [5.41, 5.74) is 1.12. The second kappa shape index (κ2) is 8.10. The van der Waals surface area contributed by atoms with E-state index in [2.05, 4.69) is 5.32 Å². The zero-order valence-electron chi connectivity index (χ0n) is 12.4. The summed E-state index contributed by atoms with van der Waals surface area (Å²) < 4.78 is 0. The van der Waals surface area contributed by atoms with Crippen molar-refractivity contribution < 1.29 is 14.8 Å². The molecular formula is C16H14Cl2N2O4. The molecule has 0 aliphatic rings. The Kier molecular flexibility index (Phi) is 6.14. The number of rotatable bonds is 6. The molecule has 0 saturated heterocycles. The standard InChI is InChI=1S/C16H14Cl2N2O4/c17-13-6-1-10(7-14(13)18)8-16(22)19-9-15(21)11-2-4-12(5-3-11)20(23)24/h1-7,15,21H,8-9H2,(H,19,22)/t15-/m1/s1. The number of amides is 1. The van der Waals surface area contributed by atoms with Crippen LogP contribution in [-0.2, 0) is 11.2 Å². The van der Waals surface area contributed by atoms with Gasteiger partial charge in [0.05, 0.1) is 27.5 Å². The number of aliphatic hydroxyl groups is 1. The van der Waals surface area contributed by atoms with Crippen LogP contribution in [0.2, 0.25) is 10.0 Å². The summed E-state index contributed by atoms with van der Waals surface area (Å²) in [7, 11) is 0. The molecule has 0 bridgehead atoms. The number of aliphatic hydroxyl groups excluding tert-OH is 1. The van der Waals surface area contributed by atoms with Crippen LogP contribution in [0.15, 0.2) is 42.5 Å². The van der Waals surface area contributed by atoms with E-state index < -0.39 is 11.0 Å². The highest BCUT2D eigenvalue weighted by molar-refractivity contribution is 6.42. The maximum absolute atomic E-state index is 11.9. The number of hydrogen-bond acceptors (Lipinski definition) is 4. The summed E-state index contributed by atoms with van der Waals surface area (Å²) in [6, 6.07) is 10.4. The van der Waals surface area contributed by atoms with Crippen molar-refractivity contribution in [3.05, 3.63) is 73.8 Å². The van der Waals surface area contributed by atoms with E-state index in [1.165, 1.54) is 24.3 Å². The van der Waals surface area contributed by atoms with E-state index in [1.54, 1.807) is 18.2 Å². The van der Waals surface area contributed by atoms with Gasteiger partial charge in [0.1, 0.15) is 0 Å². The third kappa shape index (κ3) is 4.92. The summed E-state index contributed by atoms with van der Waals surface area (Å²) in [4.78, 5) is 22.0. The quantitative estimate of drug-likeness (QED) is 0.604. The number of carbonyl (C=O) groups is 1. The van der Waals surface area contributed by atoms with Gasteiger partial charge in [0.25, 0.3) is 5.69 Å². The minimum absolute atomic E-state index is 0.00202. The SMILES string of the molecule is O=C(Cc1ccc(Cl)c(Cl)c1)NC[C@@H](O)c1ccc([N+](=O)[O-])cc1. The Morgan fingerprint density at radius 3 is 2.42 bits per heavy atom. The highest BCUT2D eigenvalue weighted by Gasteiger charge is 2.12. The Morgan fingerprint density at radius 1 is 1.17 bits per heavy atom. The Balaban J connectivity index is 1.88. The van der Waals surface area contributed by atoms with Gasteiger partial charge in [-0.2, -0.15) is 0 Å². The molecule has 2 rings (SSSR count). The molecule has 0 unspecified atom stereocenters. The van der Waals surface area contributed by atoms with E-state index in [-0.39, 0.29) is 24.6 Å². The Labute approximate surface area is 148 Å². The minimum atomic E-state index is -0.955. The second-order valence-corrected chi connectivity index (χ2v) is 5.91. The fourth-order valence-corrected chi connectivity index (χ4v) is 2.36. The smallest absolute Gasteiger partial charge is 0.269 e. The zero-order chi connectivity index (χ0) is 17.7.